The molecule has 0 aliphatic carbocycles. The zero-order valence-electron chi connectivity index (χ0n) is 12.8. The van der Waals surface area contributed by atoms with Gasteiger partial charge in [0.15, 0.2) is 5.82 Å². The molecule has 1 fully saturated rings. The predicted molar refractivity (Wildman–Crippen MR) is 90.0 cm³/mol. The van der Waals surface area contributed by atoms with Gasteiger partial charge in [0.25, 0.3) is 0 Å². The number of nitrogens with one attached hydrogen (secondary N) is 1. The molecule has 3 heterocycles. The van der Waals surface area contributed by atoms with Gasteiger partial charge in [-0.25, -0.2) is 4.98 Å². The Bertz CT molecular complexity index is 615. The van der Waals surface area contributed by atoms with Crippen molar-refractivity contribution in [3.05, 3.63) is 17.5 Å². The van der Waals surface area contributed by atoms with Gasteiger partial charge in [0.05, 0.1) is 10.6 Å². The third-order valence-electron chi connectivity index (χ3n) is 4.03. The van der Waals surface area contributed by atoms with Crippen molar-refractivity contribution < 1.29 is 4.79 Å². The Hall–Kier alpha value is -1.34. The fourth-order valence-electron chi connectivity index (χ4n) is 2.95. The van der Waals surface area contributed by atoms with Crippen molar-refractivity contribution in [2.45, 2.75) is 50.4 Å². The summed E-state index contributed by atoms with van der Waals surface area (Å²) in [6, 6.07) is 4.66. The van der Waals surface area contributed by atoms with Crippen LogP contribution >= 0.6 is 23.1 Å². The quantitative estimate of drug-likeness (QED) is 0.869. The summed E-state index contributed by atoms with van der Waals surface area (Å²) in [6.45, 7) is 4.28. The van der Waals surface area contributed by atoms with Crippen LogP contribution in [0, 0.1) is 0 Å². The molecule has 0 radical (unpaired) electrons. The van der Waals surface area contributed by atoms with Gasteiger partial charge >= 0.3 is 0 Å². The van der Waals surface area contributed by atoms with E-state index in [9.17, 15) is 4.79 Å². The van der Waals surface area contributed by atoms with Gasteiger partial charge in [-0.15, -0.1) is 16.4 Å². The molecular weight excluding hydrogens is 316 g/mol. The number of aromatic amines is 1. The lowest BCUT2D eigenvalue weighted by molar-refractivity contribution is -0.134. The lowest BCUT2D eigenvalue weighted by Gasteiger charge is -2.39. The number of likely N-dealkylation sites (tertiary alicyclic amines) is 1. The van der Waals surface area contributed by atoms with E-state index in [-0.39, 0.29) is 5.91 Å². The Morgan fingerprint density at radius 2 is 2.23 bits per heavy atom. The second kappa shape index (κ2) is 6.83. The maximum Gasteiger partial charge on any atom is 0.233 e. The molecule has 2 atom stereocenters. The van der Waals surface area contributed by atoms with Crippen molar-refractivity contribution in [1.82, 2.24) is 20.1 Å². The van der Waals surface area contributed by atoms with E-state index in [1.165, 1.54) is 18.2 Å². The van der Waals surface area contributed by atoms with E-state index < -0.39 is 0 Å². The molecule has 118 valence electrons. The van der Waals surface area contributed by atoms with Gasteiger partial charge in [0, 0.05) is 12.1 Å². The number of carbonyl (C=O) groups is 1. The second-order valence-corrected chi connectivity index (χ2v) is 7.55. The monoisotopic (exact) mass is 336 g/mol. The molecule has 2 unspecified atom stereocenters. The molecule has 2 aromatic rings. The van der Waals surface area contributed by atoms with Crippen molar-refractivity contribution in [2.75, 3.05) is 5.75 Å². The minimum atomic E-state index is 0.187. The third kappa shape index (κ3) is 3.35. The van der Waals surface area contributed by atoms with Crippen molar-refractivity contribution in [3.63, 3.8) is 0 Å². The maximum absolute atomic E-state index is 12.5. The minimum absolute atomic E-state index is 0.187. The Kier molecular flexibility index (Phi) is 4.83. The standard InChI is InChI=1S/C15H20N4OS2/c1-10-5-3-6-11(2)19(10)13(20)9-22-15-16-14(17-18-15)12-7-4-8-21-12/h4,7-8,10-11H,3,5-6,9H2,1-2H3,(H,16,17,18). The summed E-state index contributed by atoms with van der Waals surface area (Å²) in [4.78, 5) is 20.0. The highest BCUT2D eigenvalue weighted by Gasteiger charge is 2.28. The average Bonchev–Trinajstić information content (AvgIpc) is 3.16. The average molecular weight is 336 g/mol. The Balaban J connectivity index is 1.59. The van der Waals surface area contributed by atoms with E-state index in [4.69, 9.17) is 0 Å². The molecule has 22 heavy (non-hydrogen) atoms. The summed E-state index contributed by atoms with van der Waals surface area (Å²) in [6.07, 6.45) is 3.41. The first kappa shape index (κ1) is 15.6. The molecule has 1 aliphatic heterocycles. The summed E-state index contributed by atoms with van der Waals surface area (Å²) in [7, 11) is 0. The number of hydrogen-bond acceptors (Lipinski definition) is 5. The van der Waals surface area contributed by atoms with E-state index in [0.717, 1.165) is 23.5 Å². The lowest BCUT2D eigenvalue weighted by Crippen LogP contribution is -2.48. The highest BCUT2D eigenvalue weighted by Crippen LogP contribution is 2.26. The highest BCUT2D eigenvalue weighted by molar-refractivity contribution is 7.99. The van der Waals surface area contributed by atoms with Crippen molar-refractivity contribution in [2.24, 2.45) is 0 Å². The highest BCUT2D eigenvalue weighted by atomic mass is 32.2. The Labute approximate surface area is 138 Å². The zero-order valence-corrected chi connectivity index (χ0v) is 14.4. The Morgan fingerprint density at radius 3 is 2.91 bits per heavy atom. The molecule has 1 saturated heterocycles. The summed E-state index contributed by atoms with van der Waals surface area (Å²) in [5.74, 6) is 1.35. The van der Waals surface area contributed by atoms with Gasteiger partial charge in [0.1, 0.15) is 0 Å². The first-order valence-corrected chi connectivity index (χ1v) is 9.42. The molecule has 3 rings (SSSR count). The van der Waals surface area contributed by atoms with Crippen LogP contribution in [0.4, 0.5) is 0 Å². The van der Waals surface area contributed by atoms with Gasteiger partial charge < -0.3 is 4.90 Å². The molecule has 1 aliphatic rings. The molecule has 1 N–H and O–H groups in total. The number of nitrogens with zero attached hydrogens (tertiary/aromatic N) is 3. The van der Waals surface area contributed by atoms with Crippen LogP contribution in [0.2, 0.25) is 0 Å². The fourth-order valence-corrected chi connectivity index (χ4v) is 4.28. The molecule has 1 amide bonds. The smallest absolute Gasteiger partial charge is 0.233 e. The van der Waals surface area contributed by atoms with Crippen LogP contribution in [0.3, 0.4) is 0 Å². The van der Waals surface area contributed by atoms with E-state index in [0.29, 0.717) is 23.0 Å². The normalized spacial score (nSPS) is 22.0. The molecule has 0 spiro atoms. The number of thioether (sulfide) groups is 1. The fraction of sp³-hybridized carbons (Fsp3) is 0.533. The molecule has 0 bridgehead atoms. The van der Waals surface area contributed by atoms with E-state index in [1.54, 1.807) is 11.3 Å². The van der Waals surface area contributed by atoms with Crippen molar-refractivity contribution in [1.29, 1.82) is 0 Å². The number of carbonyl (C=O) groups excluding carboxylic acids is 1. The lowest BCUT2D eigenvalue weighted by atomic mass is 9.98. The SMILES string of the molecule is CC1CCCC(C)N1C(=O)CSc1n[nH]c(-c2cccs2)n1. The molecule has 0 aromatic carbocycles. The third-order valence-corrected chi connectivity index (χ3v) is 5.73. The molecular formula is C15H20N4OS2. The van der Waals surface area contributed by atoms with Gasteiger partial charge in [0.2, 0.25) is 11.1 Å². The van der Waals surface area contributed by atoms with Crippen LogP contribution in [0.1, 0.15) is 33.1 Å². The van der Waals surface area contributed by atoms with Crippen LogP contribution in [0.25, 0.3) is 10.7 Å². The van der Waals surface area contributed by atoms with E-state index in [1.807, 2.05) is 22.4 Å². The second-order valence-electron chi connectivity index (χ2n) is 5.66. The number of H-pyrrole nitrogens is 1. The summed E-state index contributed by atoms with van der Waals surface area (Å²) in [5, 5.41) is 9.76. The number of amides is 1. The van der Waals surface area contributed by atoms with E-state index in [2.05, 4.69) is 29.0 Å². The number of aromatic nitrogens is 3. The van der Waals surface area contributed by atoms with Crippen LogP contribution < -0.4 is 0 Å². The predicted octanol–water partition coefficient (Wildman–Crippen LogP) is 3.41. The van der Waals surface area contributed by atoms with Gasteiger partial charge in [-0.05, 0) is 44.6 Å². The number of rotatable bonds is 4. The largest absolute Gasteiger partial charge is 0.337 e. The molecule has 0 saturated carbocycles. The van der Waals surface area contributed by atoms with Crippen molar-refractivity contribution >= 4 is 29.0 Å². The topological polar surface area (TPSA) is 61.9 Å². The number of thiophene rings is 1. The van der Waals surface area contributed by atoms with Gasteiger partial charge in [-0.2, -0.15) is 0 Å². The molecule has 5 nitrogen and oxygen atoms in total. The maximum atomic E-state index is 12.5. The van der Waals surface area contributed by atoms with Crippen LogP contribution in [0.5, 0.6) is 0 Å². The molecule has 7 heteroatoms. The number of hydrogen-bond donors (Lipinski definition) is 1. The van der Waals surface area contributed by atoms with Gasteiger partial charge in [-0.3, -0.25) is 9.89 Å². The first-order chi connectivity index (χ1) is 10.6. The van der Waals surface area contributed by atoms with Crippen LogP contribution in [-0.4, -0.2) is 43.8 Å². The molecule has 2 aromatic heterocycles. The number of piperidine rings is 1. The zero-order chi connectivity index (χ0) is 15.5. The summed E-state index contributed by atoms with van der Waals surface area (Å²) in [5.41, 5.74) is 0. The van der Waals surface area contributed by atoms with Crippen molar-refractivity contribution in [3.8, 4) is 10.7 Å². The minimum Gasteiger partial charge on any atom is -0.337 e. The van der Waals surface area contributed by atoms with Crippen LogP contribution in [0.15, 0.2) is 22.7 Å². The van der Waals surface area contributed by atoms with Crippen LogP contribution in [-0.2, 0) is 4.79 Å². The summed E-state index contributed by atoms with van der Waals surface area (Å²) >= 11 is 3.02. The first-order valence-electron chi connectivity index (χ1n) is 7.55. The van der Waals surface area contributed by atoms with E-state index >= 15 is 0 Å². The Morgan fingerprint density at radius 1 is 1.45 bits per heavy atom. The van der Waals surface area contributed by atoms with Gasteiger partial charge in [-0.1, -0.05) is 17.8 Å². The summed E-state index contributed by atoms with van der Waals surface area (Å²) < 4.78 is 0.